The van der Waals surface area contributed by atoms with Gasteiger partial charge >= 0.3 is 5.97 Å². The second kappa shape index (κ2) is 53.2. The van der Waals surface area contributed by atoms with Crippen molar-refractivity contribution in [1.29, 1.82) is 0 Å². The predicted octanol–water partition coefficient (Wildman–Crippen LogP) is 9.50. The van der Waals surface area contributed by atoms with E-state index in [9.17, 15) is 44.7 Å². The summed E-state index contributed by atoms with van der Waals surface area (Å²) < 4.78 is 79.1. The van der Waals surface area contributed by atoms with Crippen LogP contribution in [-0.4, -0.2) is 294 Å². The number of amides is 1. The van der Waals surface area contributed by atoms with Crippen LogP contribution < -0.4 is 5.73 Å². The molecule has 9 rings (SSSR count). The molecule has 0 unspecified atom stereocenters. The van der Waals surface area contributed by atoms with Gasteiger partial charge in [0.05, 0.1) is 166 Å². The molecule has 7 heterocycles. The van der Waals surface area contributed by atoms with Gasteiger partial charge < -0.3 is 108 Å². The number of carbonyl (C=O) groups is 4. The number of phenols is 1. The summed E-state index contributed by atoms with van der Waals surface area (Å²) in [6.45, 7) is 20.6. The van der Waals surface area contributed by atoms with Crippen molar-refractivity contribution in [2.45, 2.75) is 238 Å². The van der Waals surface area contributed by atoms with Crippen LogP contribution in [0.4, 0.5) is 5.82 Å². The number of phenolic OH excluding ortho intramolecular Hbond substituents is 1. The molecular formula is C91H139N11O23. The number of Topliss-reactive ketones (excluding diaryl/α,β-unsaturated/α-hetero) is 2. The van der Waals surface area contributed by atoms with E-state index in [0.29, 0.717) is 229 Å². The number of hydrogen-bond acceptors (Lipinski definition) is 30. The molecule has 34 heteroatoms. The number of aryl methyl sites for hydroxylation is 1. The van der Waals surface area contributed by atoms with Crippen LogP contribution in [0.2, 0.25) is 0 Å². The van der Waals surface area contributed by atoms with Gasteiger partial charge in [-0.2, -0.15) is 5.10 Å². The van der Waals surface area contributed by atoms with E-state index in [1.807, 2.05) is 68.8 Å². The predicted molar refractivity (Wildman–Crippen MR) is 467 cm³/mol. The van der Waals surface area contributed by atoms with Gasteiger partial charge in [-0.3, -0.25) is 14.4 Å². The number of ether oxygens (including phenoxy) is 13. The molecule has 696 valence electrons. The summed E-state index contributed by atoms with van der Waals surface area (Å²) in [4.78, 5) is 75.5. The first-order valence-electron chi connectivity index (χ1n) is 44.7. The number of piperidine rings is 1. The van der Waals surface area contributed by atoms with Gasteiger partial charge in [0.25, 0.3) is 11.7 Å². The number of nitrogen functional groups attached to an aromatic ring is 1. The number of rotatable bonds is 43. The van der Waals surface area contributed by atoms with Gasteiger partial charge in [0.2, 0.25) is 5.79 Å². The van der Waals surface area contributed by atoms with E-state index >= 15 is 0 Å². The smallest absolute Gasteiger partial charge is 0.329 e. The number of fused-ring (bicyclic) bond motifs is 5. The number of oxime groups is 1. The molecule has 5 aromatic rings. The van der Waals surface area contributed by atoms with E-state index in [4.69, 9.17) is 77.2 Å². The molecule has 3 aliphatic heterocycles. The maximum atomic E-state index is 14.7. The Morgan fingerprint density at radius 3 is 2.07 bits per heavy atom. The Morgan fingerprint density at radius 2 is 1.40 bits per heavy atom. The van der Waals surface area contributed by atoms with Crippen molar-refractivity contribution in [2.24, 2.45) is 40.7 Å². The molecule has 1 amide bonds. The Balaban J connectivity index is 0.641. The number of aromatic hydroxyl groups is 1. The molecule has 0 radical (unpaired) electrons. The maximum Gasteiger partial charge on any atom is 0.329 e. The van der Waals surface area contributed by atoms with Crippen LogP contribution in [0.5, 0.6) is 5.75 Å². The van der Waals surface area contributed by atoms with Crippen molar-refractivity contribution in [1.82, 2.24) is 44.6 Å². The summed E-state index contributed by atoms with van der Waals surface area (Å²) in [5.41, 5.74) is 11.5. The zero-order chi connectivity index (χ0) is 89.6. The van der Waals surface area contributed by atoms with E-state index in [0.717, 1.165) is 47.9 Å². The second-order valence-corrected chi connectivity index (χ2v) is 33.6. The normalized spacial score (nSPS) is 27.7. The molecule has 4 aliphatic rings. The SMILES string of the molecule is CO[C@H]1C[C@@H]2CC[C@@H](C)[C@@](O)(O2)C(=O)C(=O)N2CCCC[C@H]2C(=O)O[C@H]([C@H](C)C[C@@H]2CC[C@@H](O)[C@H](OC)C2)C[C@@H](O)[C@H](C)/C=C(\C)[C@@H](O)[C@@H](OC)C(=NOCc2cn(CCOCCOCCOCCOCCOCCOCCOCCOCCC(=O)CCCCCn3nc(-c4cc5cc(O)ccc5[nH]4)c4c(N)ncnc43)nn2)[C@H](C)C[C@H](C)/C=C/C=C/C=C/1C. The Hall–Kier alpha value is -7.88. The highest BCUT2D eigenvalue weighted by Crippen LogP contribution is 2.40. The summed E-state index contributed by atoms with van der Waals surface area (Å²) in [6, 6.07) is 5.89. The lowest BCUT2D eigenvalue weighted by molar-refractivity contribution is -0.265. The molecule has 34 nitrogen and oxygen atoms in total. The number of aliphatic hydroxyl groups is 4. The average Bonchev–Trinajstić information content (AvgIpc) is 1.53. The van der Waals surface area contributed by atoms with E-state index < -0.39 is 84.1 Å². The fraction of sp³-hybridized carbons (Fsp3) is 0.692. The topological polar surface area (TPSA) is 430 Å². The highest BCUT2D eigenvalue weighted by Gasteiger charge is 2.53. The number of aromatic nitrogens is 8. The first-order chi connectivity index (χ1) is 60.4. The number of unbranched alkanes of at least 4 members (excludes halogenated alkanes) is 2. The fourth-order valence-corrected chi connectivity index (χ4v) is 16.6. The number of hydrogen-bond donors (Lipinski definition) is 7. The number of benzene rings is 1. The van der Waals surface area contributed by atoms with E-state index in [1.54, 1.807) is 57.2 Å². The van der Waals surface area contributed by atoms with Crippen LogP contribution in [0.3, 0.4) is 0 Å². The van der Waals surface area contributed by atoms with Crippen LogP contribution in [0.15, 0.2) is 89.5 Å². The lowest BCUT2D eigenvalue weighted by Gasteiger charge is -2.43. The van der Waals surface area contributed by atoms with Crippen LogP contribution >= 0.6 is 0 Å². The number of nitrogens with one attached hydrogen (secondary N) is 1. The van der Waals surface area contributed by atoms with Gasteiger partial charge in [-0.1, -0.05) is 87.9 Å². The number of allylic oxidation sites excluding steroid dienone is 5. The van der Waals surface area contributed by atoms with Crippen molar-refractivity contribution < 1.29 is 111 Å². The Labute approximate surface area is 734 Å². The third-order valence-corrected chi connectivity index (χ3v) is 24.0. The van der Waals surface area contributed by atoms with E-state index in [-0.39, 0.29) is 67.3 Å². The van der Waals surface area contributed by atoms with Crippen molar-refractivity contribution in [3.63, 3.8) is 0 Å². The van der Waals surface area contributed by atoms with E-state index in [1.165, 1.54) is 18.3 Å². The highest BCUT2D eigenvalue weighted by atomic mass is 16.6. The summed E-state index contributed by atoms with van der Waals surface area (Å²) in [7, 11) is 4.66. The number of anilines is 1. The number of H-pyrrole nitrogens is 1. The standard InChI is InChI=1S/C91H139N11O23/c1-60-19-13-11-14-20-61(2)78(112-8)55-72-26-23-66(7)91(111,125-72)86(108)89(109)101-30-18-16-22-75(101)90(110)124-79(63(4)51-67-24-28-76(105)80(52-67)113-9)56-77(106)62(3)50-65(6)84(107)85(114-10)82(64(5)49-60)98-123-58-69-57-100(99-96-69)32-34-116-36-38-118-40-42-120-44-46-122-48-47-121-45-43-119-41-39-117-37-35-115-33-29-70(103)21-15-12-17-31-102-88-81(87(92)93-59-94-88)83(97-102)74-54-68-53-71(104)25-27-73(68)95-74/h11,13-14,19-20,25,27,50,53-54,57,59-60,62-64,66-67,72,75-80,84-85,95,104-107,111H,12,15-18,21-24,26,28-49,51-52,55-56,58H2,1-10H3,(H2,92,93,94)/b14-11+,19-13+,61-20+,65-50+,98-82?/t60-,62-,63-,64-,66-,67+,72+,75+,76-,77-,78+,79+,80-,84-,85+,91-/m1/s1. The van der Waals surface area contributed by atoms with Crippen LogP contribution in [0, 0.1) is 35.5 Å². The fourth-order valence-electron chi connectivity index (χ4n) is 16.6. The Morgan fingerprint density at radius 1 is 0.720 bits per heavy atom. The quantitative estimate of drug-likeness (QED) is 0.00627. The third kappa shape index (κ3) is 31.5. The Kier molecular flexibility index (Phi) is 42.9. The van der Waals surface area contributed by atoms with Crippen LogP contribution in [0.25, 0.3) is 33.3 Å². The molecule has 1 aliphatic carbocycles. The number of ketones is 2. The van der Waals surface area contributed by atoms with Crippen molar-refractivity contribution >= 4 is 56.9 Å². The third-order valence-electron chi connectivity index (χ3n) is 24.0. The second-order valence-electron chi connectivity index (χ2n) is 33.6. The monoisotopic (exact) mass is 1750 g/mol. The minimum Gasteiger partial charge on any atom is -0.508 e. The summed E-state index contributed by atoms with van der Waals surface area (Å²) in [5.74, 6) is -6.49. The van der Waals surface area contributed by atoms with Gasteiger partial charge in [0.1, 0.15) is 59.4 Å². The minimum atomic E-state index is -2.45. The first kappa shape index (κ1) is 101. The number of cyclic esters (lactones) is 1. The molecule has 2 bridgehead atoms. The summed E-state index contributed by atoms with van der Waals surface area (Å²) >= 11 is 0. The minimum absolute atomic E-state index is 0.00610. The van der Waals surface area contributed by atoms with Crippen molar-refractivity contribution in [3.05, 3.63) is 90.1 Å². The summed E-state index contributed by atoms with van der Waals surface area (Å²) in [5, 5.41) is 76.9. The number of aliphatic hydroxyl groups excluding tert-OH is 3. The highest BCUT2D eigenvalue weighted by molar-refractivity contribution is 6.39. The maximum absolute atomic E-state index is 14.7. The molecular weight excluding hydrogens is 1620 g/mol. The number of nitrogens with two attached hydrogens (primary N) is 1. The molecule has 16 atom stereocenters. The first-order valence-corrected chi connectivity index (χ1v) is 44.7. The molecule has 125 heavy (non-hydrogen) atoms. The van der Waals surface area contributed by atoms with Crippen molar-refractivity contribution in [2.75, 3.05) is 139 Å². The number of carbonyl (C=O) groups excluding carboxylic acids is 4. The largest absolute Gasteiger partial charge is 0.508 e. The van der Waals surface area contributed by atoms with Crippen molar-refractivity contribution in [3.8, 4) is 17.1 Å². The average molecular weight is 1760 g/mol. The zero-order valence-corrected chi connectivity index (χ0v) is 74.9. The number of methoxy groups -OCH3 is 3. The number of esters is 1. The van der Waals surface area contributed by atoms with Gasteiger partial charge in [0, 0.05) is 88.8 Å². The zero-order valence-electron chi connectivity index (χ0n) is 74.9. The lowest BCUT2D eigenvalue weighted by atomic mass is 9.78. The molecule has 8 N–H and O–H groups in total. The lowest BCUT2D eigenvalue weighted by Crippen LogP contribution is -2.61. The van der Waals surface area contributed by atoms with Crippen LogP contribution in [-0.2, 0) is 105 Å². The number of nitrogens with zero attached hydrogens (tertiary/aromatic N) is 9. The Bertz CT molecular complexity index is 4240. The van der Waals surface area contributed by atoms with Gasteiger partial charge in [-0.15, -0.1) is 5.10 Å². The molecule has 0 spiro atoms. The summed E-state index contributed by atoms with van der Waals surface area (Å²) in [6.07, 6.45) is 17.2. The van der Waals surface area contributed by atoms with Gasteiger partial charge in [-0.05, 0) is 144 Å². The van der Waals surface area contributed by atoms with Crippen LogP contribution in [0.1, 0.15) is 163 Å². The molecule has 4 aromatic heterocycles. The molecule has 2 saturated heterocycles. The molecule has 1 aromatic carbocycles. The molecule has 3 fully saturated rings. The van der Waals surface area contributed by atoms with E-state index in [2.05, 4.69) is 43.4 Å². The molecule has 1 saturated carbocycles. The number of aromatic amines is 1. The van der Waals surface area contributed by atoms with Gasteiger partial charge in [0.15, 0.2) is 12.3 Å². The van der Waals surface area contributed by atoms with Gasteiger partial charge in [-0.25, -0.2) is 24.1 Å².